The van der Waals surface area contributed by atoms with Crippen molar-refractivity contribution in [3.63, 3.8) is 0 Å². The molecule has 1 N–H and O–H groups in total. The van der Waals surface area contributed by atoms with Gasteiger partial charge in [-0.1, -0.05) is 11.8 Å². The van der Waals surface area contributed by atoms with Crippen LogP contribution in [0, 0.1) is 0 Å². The standard InChI is InChI=1S/C9H10F3N3OS/c1-2-13-7(16)5-17-8-14-4-3-6(15-8)9(10,11)12/h3-4H,2,5H2,1H3,(H,13,16). The number of aromatic nitrogens is 2. The van der Waals surface area contributed by atoms with E-state index in [0.29, 0.717) is 6.54 Å². The highest BCUT2D eigenvalue weighted by atomic mass is 32.2. The van der Waals surface area contributed by atoms with Crippen LogP contribution < -0.4 is 5.32 Å². The van der Waals surface area contributed by atoms with Crippen molar-refractivity contribution in [2.75, 3.05) is 12.3 Å². The van der Waals surface area contributed by atoms with E-state index in [2.05, 4.69) is 15.3 Å². The number of carbonyl (C=O) groups is 1. The molecule has 8 heteroatoms. The van der Waals surface area contributed by atoms with Crippen molar-refractivity contribution >= 4 is 17.7 Å². The van der Waals surface area contributed by atoms with Crippen LogP contribution in [0.3, 0.4) is 0 Å². The molecule has 0 bridgehead atoms. The van der Waals surface area contributed by atoms with E-state index in [9.17, 15) is 18.0 Å². The monoisotopic (exact) mass is 265 g/mol. The average molecular weight is 265 g/mol. The third-order valence-electron chi connectivity index (χ3n) is 1.63. The van der Waals surface area contributed by atoms with Crippen molar-refractivity contribution in [2.24, 2.45) is 0 Å². The maximum atomic E-state index is 12.3. The summed E-state index contributed by atoms with van der Waals surface area (Å²) >= 11 is 0.864. The molecule has 0 unspecified atom stereocenters. The highest BCUT2D eigenvalue weighted by Crippen LogP contribution is 2.28. The molecule has 1 amide bonds. The van der Waals surface area contributed by atoms with Crippen LogP contribution in [0.2, 0.25) is 0 Å². The Balaban J connectivity index is 2.64. The van der Waals surface area contributed by atoms with Crippen LogP contribution in [0.1, 0.15) is 12.6 Å². The zero-order valence-corrected chi connectivity index (χ0v) is 9.73. The van der Waals surface area contributed by atoms with E-state index in [1.165, 1.54) is 0 Å². The fourth-order valence-electron chi connectivity index (χ4n) is 0.947. The van der Waals surface area contributed by atoms with Crippen LogP contribution in [0.5, 0.6) is 0 Å². The number of amides is 1. The van der Waals surface area contributed by atoms with Crippen molar-refractivity contribution in [3.8, 4) is 0 Å². The molecular formula is C9H10F3N3OS. The van der Waals surface area contributed by atoms with Crippen LogP contribution >= 0.6 is 11.8 Å². The normalized spacial score (nSPS) is 11.3. The maximum absolute atomic E-state index is 12.3. The van der Waals surface area contributed by atoms with E-state index in [-0.39, 0.29) is 16.8 Å². The zero-order chi connectivity index (χ0) is 12.9. The van der Waals surface area contributed by atoms with Crippen LogP contribution in [0.25, 0.3) is 0 Å². The van der Waals surface area contributed by atoms with Gasteiger partial charge >= 0.3 is 6.18 Å². The Morgan fingerprint density at radius 3 is 2.82 bits per heavy atom. The molecule has 17 heavy (non-hydrogen) atoms. The largest absolute Gasteiger partial charge is 0.433 e. The molecule has 1 aromatic heterocycles. The molecule has 0 spiro atoms. The summed E-state index contributed by atoms with van der Waals surface area (Å²) in [5, 5.41) is 2.46. The van der Waals surface area contributed by atoms with Crippen LogP contribution in [-0.2, 0) is 11.0 Å². The maximum Gasteiger partial charge on any atom is 0.433 e. The molecular weight excluding hydrogens is 255 g/mol. The summed E-state index contributed by atoms with van der Waals surface area (Å²) in [4.78, 5) is 18.1. The van der Waals surface area contributed by atoms with Crippen molar-refractivity contribution in [3.05, 3.63) is 18.0 Å². The van der Waals surface area contributed by atoms with E-state index in [1.54, 1.807) is 6.92 Å². The van der Waals surface area contributed by atoms with Gasteiger partial charge < -0.3 is 5.32 Å². The molecule has 1 rings (SSSR count). The Morgan fingerprint density at radius 1 is 1.53 bits per heavy atom. The molecule has 1 aromatic rings. The second-order valence-corrected chi connectivity index (χ2v) is 3.91. The summed E-state index contributed by atoms with van der Waals surface area (Å²) in [6.07, 6.45) is -3.47. The predicted molar refractivity (Wildman–Crippen MR) is 56.4 cm³/mol. The third kappa shape index (κ3) is 4.59. The molecule has 0 aliphatic rings. The van der Waals surface area contributed by atoms with Gasteiger partial charge in [0.15, 0.2) is 5.16 Å². The molecule has 0 fully saturated rings. The van der Waals surface area contributed by atoms with E-state index < -0.39 is 11.9 Å². The number of thioether (sulfide) groups is 1. The lowest BCUT2D eigenvalue weighted by atomic mass is 10.4. The minimum Gasteiger partial charge on any atom is -0.356 e. The Labute approximate surface area is 100 Å². The second-order valence-electron chi connectivity index (χ2n) is 2.96. The molecule has 4 nitrogen and oxygen atoms in total. The SMILES string of the molecule is CCNC(=O)CSc1nccc(C(F)(F)F)n1. The van der Waals surface area contributed by atoms with Gasteiger partial charge in [0.1, 0.15) is 5.69 Å². The highest BCUT2D eigenvalue weighted by Gasteiger charge is 2.32. The van der Waals surface area contributed by atoms with Gasteiger partial charge in [-0.25, -0.2) is 9.97 Å². The first-order valence-corrected chi connectivity index (χ1v) is 5.71. The lowest BCUT2D eigenvalue weighted by Gasteiger charge is -2.06. The van der Waals surface area contributed by atoms with Gasteiger partial charge in [0.25, 0.3) is 0 Å². The first-order valence-electron chi connectivity index (χ1n) is 4.73. The van der Waals surface area contributed by atoms with E-state index in [1.807, 2.05) is 0 Å². The summed E-state index contributed by atoms with van der Waals surface area (Å²) in [6, 6.07) is 0.788. The quantitative estimate of drug-likeness (QED) is 0.665. The molecule has 0 aliphatic carbocycles. The van der Waals surface area contributed by atoms with E-state index in [4.69, 9.17) is 0 Å². The van der Waals surface area contributed by atoms with Crippen molar-refractivity contribution in [1.82, 2.24) is 15.3 Å². The van der Waals surface area contributed by atoms with Crippen LogP contribution in [0.4, 0.5) is 13.2 Å². The number of rotatable bonds is 4. The minimum atomic E-state index is -4.50. The van der Waals surface area contributed by atoms with Crippen molar-refractivity contribution in [1.29, 1.82) is 0 Å². The smallest absolute Gasteiger partial charge is 0.356 e. The first-order chi connectivity index (χ1) is 7.93. The lowest BCUT2D eigenvalue weighted by Crippen LogP contribution is -2.24. The highest BCUT2D eigenvalue weighted by molar-refractivity contribution is 7.99. The molecule has 1 heterocycles. The fourth-order valence-corrected chi connectivity index (χ4v) is 1.61. The zero-order valence-electron chi connectivity index (χ0n) is 8.91. The van der Waals surface area contributed by atoms with Gasteiger partial charge in [0, 0.05) is 12.7 Å². The molecule has 0 aromatic carbocycles. The number of alkyl halides is 3. The Morgan fingerprint density at radius 2 is 2.24 bits per heavy atom. The van der Waals surface area contributed by atoms with E-state index >= 15 is 0 Å². The topological polar surface area (TPSA) is 54.9 Å². The molecule has 0 saturated heterocycles. The number of nitrogens with one attached hydrogen (secondary N) is 1. The van der Waals surface area contributed by atoms with Gasteiger partial charge in [-0.15, -0.1) is 0 Å². The predicted octanol–water partition coefficient (Wildman–Crippen LogP) is 1.72. The number of carbonyl (C=O) groups excluding carboxylic acids is 1. The number of nitrogens with zero attached hydrogens (tertiary/aromatic N) is 2. The molecule has 0 radical (unpaired) electrons. The number of hydrogen-bond acceptors (Lipinski definition) is 4. The summed E-state index contributed by atoms with van der Waals surface area (Å²) < 4.78 is 36.9. The van der Waals surface area contributed by atoms with Crippen LogP contribution in [0.15, 0.2) is 17.4 Å². The minimum absolute atomic E-state index is 0.00481. The average Bonchev–Trinajstić information content (AvgIpc) is 2.26. The Bertz CT molecular complexity index is 397. The lowest BCUT2D eigenvalue weighted by molar-refractivity contribution is -0.141. The van der Waals surface area contributed by atoms with Gasteiger partial charge in [-0.2, -0.15) is 13.2 Å². The molecule has 0 saturated carbocycles. The van der Waals surface area contributed by atoms with Gasteiger partial charge in [-0.05, 0) is 13.0 Å². The fraction of sp³-hybridized carbons (Fsp3) is 0.444. The van der Waals surface area contributed by atoms with Crippen LogP contribution in [-0.4, -0.2) is 28.2 Å². The number of halogens is 3. The van der Waals surface area contributed by atoms with Crippen molar-refractivity contribution < 1.29 is 18.0 Å². The molecule has 94 valence electrons. The summed E-state index contributed by atoms with van der Waals surface area (Å²) in [5.41, 5.74) is -1.01. The summed E-state index contributed by atoms with van der Waals surface area (Å²) in [6.45, 7) is 2.23. The Kier molecular flexibility index (Phi) is 4.73. The summed E-state index contributed by atoms with van der Waals surface area (Å²) in [7, 11) is 0. The second kappa shape index (κ2) is 5.85. The van der Waals surface area contributed by atoms with Gasteiger partial charge in [-0.3, -0.25) is 4.79 Å². The van der Waals surface area contributed by atoms with Gasteiger partial charge in [0.05, 0.1) is 5.75 Å². The van der Waals surface area contributed by atoms with E-state index in [0.717, 1.165) is 24.0 Å². The molecule has 0 aliphatic heterocycles. The first kappa shape index (κ1) is 13.8. The van der Waals surface area contributed by atoms with Crippen molar-refractivity contribution in [2.45, 2.75) is 18.3 Å². The van der Waals surface area contributed by atoms with Gasteiger partial charge in [0.2, 0.25) is 5.91 Å². The Hall–Kier alpha value is -1.31. The number of hydrogen-bond donors (Lipinski definition) is 1. The third-order valence-corrected chi connectivity index (χ3v) is 2.49. The molecule has 0 atom stereocenters. The summed E-state index contributed by atoms with van der Waals surface area (Å²) in [5.74, 6) is -0.270.